The maximum atomic E-state index is 13.4. The van der Waals surface area contributed by atoms with Gasteiger partial charge in [0.15, 0.2) is 5.69 Å². The first-order chi connectivity index (χ1) is 16.6. The molecule has 0 aliphatic carbocycles. The Morgan fingerprint density at radius 2 is 1.89 bits per heavy atom. The minimum absolute atomic E-state index is 0.00548. The number of fused-ring (bicyclic) bond motifs is 1. The summed E-state index contributed by atoms with van der Waals surface area (Å²) in [5.74, 6) is -1.31. The van der Waals surface area contributed by atoms with Crippen molar-refractivity contribution in [2.75, 3.05) is 11.9 Å². The van der Waals surface area contributed by atoms with Crippen LogP contribution in [0.3, 0.4) is 0 Å². The first-order valence-corrected chi connectivity index (χ1v) is 11.7. The summed E-state index contributed by atoms with van der Waals surface area (Å²) >= 11 is 4.30. The third-order valence-corrected chi connectivity index (χ3v) is 6.26. The van der Waals surface area contributed by atoms with Crippen LogP contribution in [-0.2, 0) is 10.9 Å². The first-order valence-electron chi connectivity index (χ1n) is 10.1. The van der Waals surface area contributed by atoms with Crippen molar-refractivity contribution < 1.29 is 27.5 Å². The van der Waals surface area contributed by atoms with Crippen LogP contribution in [0, 0.1) is 0 Å². The number of hydrogen-bond donors (Lipinski definition) is 1. The highest BCUT2D eigenvalue weighted by molar-refractivity contribution is 9.10. The third kappa shape index (κ3) is 4.98. The molecule has 0 aliphatic rings. The average Bonchev–Trinajstić information content (AvgIpc) is 3.23. The van der Waals surface area contributed by atoms with Gasteiger partial charge in [-0.2, -0.15) is 23.0 Å². The number of esters is 1. The molecule has 0 bridgehead atoms. The summed E-state index contributed by atoms with van der Waals surface area (Å²) in [5, 5.41) is 8.54. The molecular weight excluding hydrogens is 551 g/mol. The van der Waals surface area contributed by atoms with E-state index in [0.717, 1.165) is 40.3 Å². The number of nitrogens with one attached hydrogen (secondary N) is 1. The van der Waals surface area contributed by atoms with E-state index in [1.807, 2.05) is 0 Å². The van der Waals surface area contributed by atoms with Gasteiger partial charge in [-0.3, -0.25) is 9.59 Å². The van der Waals surface area contributed by atoms with Crippen molar-refractivity contribution >= 4 is 54.9 Å². The van der Waals surface area contributed by atoms with E-state index in [9.17, 15) is 27.6 Å². The summed E-state index contributed by atoms with van der Waals surface area (Å²) in [6, 6.07) is 10.4. The van der Waals surface area contributed by atoms with Crippen LogP contribution in [0.1, 0.15) is 33.3 Å². The molecule has 4 aromatic rings. The Morgan fingerprint density at radius 1 is 1.17 bits per heavy atom. The van der Waals surface area contributed by atoms with Gasteiger partial charge in [0, 0.05) is 20.8 Å². The Labute approximate surface area is 208 Å². The molecule has 0 radical (unpaired) electrons. The van der Waals surface area contributed by atoms with Crippen molar-refractivity contribution in [3.05, 3.63) is 85.6 Å². The molecule has 12 heteroatoms. The van der Waals surface area contributed by atoms with Crippen LogP contribution in [0.4, 0.5) is 18.2 Å². The number of alkyl halides is 3. The second-order valence-corrected chi connectivity index (χ2v) is 8.94. The van der Waals surface area contributed by atoms with Gasteiger partial charge >= 0.3 is 12.1 Å². The lowest BCUT2D eigenvalue weighted by Gasteiger charge is -2.11. The Kier molecular flexibility index (Phi) is 6.77. The van der Waals surface area contributed by atoms with E-state index in [4.69, 9.17) is 4.74 Å². The lowest BCUT2D eigenvalue weighted by atomic mass is 10.2. The number of aromatic nitrogens is 2. The lowest BCUT2D eigenvalue weighted by molar-refractivity contribution is -0.137. The van der Waals surface area contributed by atoms with E-state index in [1.165, 1.54) is 5.38 Å². The van der Waals surface area contributed by atoms with Crippen molar-refractivity contribution in [3.63, 3.8) is 0 Å². The number of ether oxygens (including phenoxy) is 1. The number of hydrogen-bond acceptors (Lipinski definition) is 6. The average molecular weight is 566 g/mol. The minimum Gasteiger partial charge on any atom is -0.461 e. The van der Waals surface area contributed by atoms with Crippen molar-refractivity contribution in [2.45, 2.75) is 13.1 Å². The number of anilines is 1. The Balaban J connectivity index is 1.86. The highest BCUT2D eigenvalue weighted by Gasteiger charge is 2.30. The van der Waals surface area contributed by atoms with Gasteiger partial charge in [0.05, 0.1) is 23.2 Å². The smallest absolute Gasteiger partial charge is 0.416 e. The number of carbonyl (C=O) groups excluding carboxylic acids is 2. The molecule has 1 N–H and O–H groups in total. The molecule has 0 atom stereocenters. The van der Waals surface area contributed by atoms with Gasteiger partial charge in [-0.1, -0.05) is 22.0 Å². The summed E-state index contributed by atoms with van der Waals surface area (Å²) in [5.41, 5.74) is -1.51. The van der Waals surface area contributed by atoms with E-state index in [-0.39, 0.29) is 33.8 Å². The standard InChI is InChI=1S/C23H15BrF3N3O4S/c1-2-34-22(33)18-16-11-35-20(28-19(31)12-4-3-5-14(24)10-12)17(16)21(32)30(29-18)15-8-6-13(7-9-15)23(25,26)27/h3-11H,2H2,1H3,(H,28,31). The second kappa shape index (κ2) is 9.62. The van der Waals surface area contributed by atoms with Crippen molar-refractivity contribution in [1.29, 1.82) is 0 Å². The highest BCUT2D eigenvalue weighted by Crippen LogP contribution is 2.32. The molecule has 0 unspecified atom stereocenters. The summed E-state index contributed by atoms with van der Waals surface area (Å²) in [6.07, 6.45) is -4.56. The first kappa shape index (κ1) is 24.6. The topological polar surface area (TPSA) is 90.3 Å². The molecule has 0 fully saturated rings. The zero-order valence-corrected chi connectivity index (χ0v) is 20.3. The fourth-order valence-electron chi connectivity index (χ4n) is 3.26. The van der Waals surface area contributed by atoms with Crippen LogP contribution < -0.4 is 10.9 Å². The number of halogens is 4. The van der Waals surface area contributed by atoms with Crippen LogP contribution in [0.2, 0.25) is 0 Å². The molecule has 2 heterocycles. The van der Waals surface area contributed by atoms with E-state index >= 15 is 0 Å². The molecule has 0 spiro atoms. The summed E-state index contributed by atoms with van der Waals surface area (Å²) in [4.78, 5) is 38.7. The maximum absolute atomic E-state index is 13.4. The molecule has 2 aromatic carbocycles. The molecule has 1 amide bonds. The predicted octanol–water partition coefficient (Wildman–Crippen LogP) is 5.66. The lowest BCUT2D eigenvalue weighted by Crippen LogP contribution is -2.25. The van der Waals surface area contributed by atoms with Gasteiger partial charge in [0.1, 0.15) is 5.00 Å². The molecule has 0 aliphatic heterocycles. The molecule has 2 aromatic heterocycles. The van der Waals surface area contributed by atoms with E-state index < -0.39 is 29.2 Å². The normalized spacial score (nSPS) is 11.5. The molecule has 4 rings (SSSR count). The Bertz CT molecular complexity index is 1500. The van der Waals surface area contributed by atoms with E-state index in [2.05, 4.69) is 26.3 Å². The zero-order valence-electron chi connectivity index (χ0n) is 17.9. The third-order valence-electron chi connectivity index (χ3n) is 4.87. The van der Waals surface area contributed by atoms with Crippen LogP contribution in [0.25, 0.3) is 16.5 Å². The SMILES string of the molecule is CCOC(=O)c1nn(-c2ccc(C(F)(F)F)cc2)c(=O)c2c(NC(=O)c3cccc(Br)c3)scc12. The maximum Gasteiger partial charge on any atom is 0.416 e. The Hall–Kier alpha value is -3.51. The highest BCUT2D eigenvalue weighted by atomic mass is 79.9. The summed E-state index contributed by atoms with van der Waals surface area (Å²) in [6.45, 7) is 1.64. The van der Waals surface area contributed by atoms with Crippen molar-refractivity contribution in [1.82, 2.24) is 9.78 Å². The van der Waals surface area contributed by atoms with Crippen LogP contribution in [0.5, 0.6) is 0 Å². The zero-order chi connectivity index (χ0) is 25.3. The molecule has 7 nitrogen and oxygen atoms in total. The van der Waals surface area contributed by atoms with Gasteiger partial charge in [-0.25, -0.2) is 4.79 Å². The van der Waals surface area contributed by atoms with Gasteiger partial charge in [0.2, 0.25) is 0 Å². The molecule has 35 heavy (non-hydrogen) atoms. The molecule has 0 saturated carbocycles. The van der Waals surface area contributed by atoms with E-state index in [1.54, 1.807) is 31.2 Å². The monoisotopic (exact) mass is 565 g/mol. The van der Waals surface area contributed by atoms with Crippen LogP contribution in [0.15, 0.2) is 63.2 Å². The summed E-state index contributed by atoms with van der Waals surface area (Å²) < 4.78 is 45.5. The fraction of sp³-hybridized carbons (Fsp3) is 0.130. The fourth-order valence-corrected chi connectivity index (χ4v) is 4.59. The van der Waals surface area contributed by atoms with Gasteiger partial charge < -0.3 is 10.1 Å². The second-order valence-electron chi connectivity index (χ2n) is 7.15. The van der Waals surface area contributed by atoms with Crippen molar-refractivity contribution in [2.24, 2.45) is 0 Å². The minimum atomic E-state index is -4.56. The van der Waals surface area contributed by atoms with Crippen LogP contribution >= 0.6 is 27.3 Å². The van der Waals surface area contributed by atoms with E-state index in [0.29, 0.717) is 10.0 Å². The van der Waals surface area contributed by atoms with Gasteiger partial charge in [-0.15, -0.1) is 11.3 Å². The number of rotatable bonds is 5. The quantitative estimate of drug-likeness (QED) is 0.315. The number of benzene rings is 2. The predicted molar refractivity (Wildman–Crippen MR) is 128 cm³/mol. The Morgan fingerprint density at radius 3 is 2.51 bits per heavy atom. The van der Waals surface area contributed by atoms with Crippen LogP contribution in [-0.4, -0.2) is 28.3 Å². The number of thiophene rings is 1. The molecular formula is C23H15BrF3N3O4S. The number of carbonyl (C=O) groups is 2. The summed E-state index contributed by atoms with van der Waals surface area (Å²) in [7, 11) is 0. The van der Waals surface area contributed by atoms with Gasteiger partial charge in [-0.05, 0) is 49.4 Å². The molecule has 0 saturated heterocycles. The number of amides is 1. The molecule has 180 valence electrons. The number of nitrogens with zero attached hydrogens (tertiary/aromatic N) is 2. The largest absolute Gasteiger partial charge is 0.461 e. The van der Waals surface area contributed by atoms with Gasteiger partial charge in [0.25, 0.3) is 11.5 Å². The van der Waals surface area contributed by atoms with Crippen molar-refractivity contribution in [3.8, 4) is 5.69 Å².